The topological polar surface area (TPSA) is 76.3 Å². The third-order valence-electron chi connectivity index (χ3n) is 3.69. The molecule has 3 rings (SSSR count). The molecule has 2 aromatic rings. The van der Waals surface area contributed by atoms with Crippen molar-refractivity contribution in [1.29, 1.82) is 0 Å². The van der Waals surface area contributed by atoms with Crippen LogP contribution in [0.4, 0.5) is 0 Å². The van der Waals surface area contributed by atoms with Gasteiger partial charge in [-0.1, -0.05) is 6.92 Å². The minimum Gasteiger partial charge on any atom is -0.421 e. The van der Waals surface area contributed by atoms with Crippen LogP contribution in [0.1, 0.15) is 25.7 Å². The number of hydrogen-bond acceptors (Lipinski definition) is 6. The smallest absolute Gasteiger partial charge is 0.252 e. The minimum absolute atomic E-state index is 0.336. The van der Waals surface area contributed by atoms with Crippen LogP contribution in [0, 0.1) is 12.8 Å². The number of aromatic nitrogens is 2. The second-order valence-corrected chi connectivity index (χ2v) is 8.44. The van der Waals surface area contributed by atoms with Crippen molar-refractivity contribution < 1.29 is 12.8 Å². The van der Waals surface area contributed by atoms with Crippen molar-refractivity contribution in [3.05, 3.63) is 17.3 Å². The lowest BCUT2D eigenvalue weighted by molar-refractivity contribution is 0.288. The SMILES string of the molecule is Cc1nnc(-c2csc(S(=O)(=O)N3CCC(C)CC3)c2)o1. The zero-order valence-electron chi connectivity index (χ0n) is 11.9. The lowest BCUT2D eigenvalue weighted by Crippen LogP contribution is -2.37. The number of thiophene rings is 1. The van der Waals surface area contributed by atoms with Gasteiger partial charge in [0.15, 0.2) is 0 Å². The Labute approximate surface area is 127 Å². The molecule has 21 heavy (non-hydrogen) atoms. The average molecular weight is 327 g/mol. The fourth-order valence-corrected chi connectivity index (χ4v) is 5.11. The van der Waals surface area contributed by atoms with Crippen molar-refractivity contribution in [2.75, 3.05) is 13.1 Å². The first-order valence-electron chi connectivity index (χ1n) is 6.86. The van der Waals surface area contributed by atoms with E-state index in [1.54, 1.807) is 22.7 Å². The molecule has 1 aliphatic rings. The lowest BCUT2D eigenvalue weighted by Gasteiger charge is -2.28. The van der Waals surface area contributed by atoms with E-state index in [4.69, 9.17) is 4.42 Å². The van der Waals surface area contributed by atoms with Crippen molar-refractivity contribution in [3.8, 4) is 11.5 Å². The van der Waals surface area contributed by atoms with Gasteiger partial charge < -0.3 is 4.42 Å². The molecule has 1 aliphatic heterocycles. The summed E-state index contributed by atoms with van der Waals surface area (Å²) in [6.45, 7) is 5.05. The molecule has 0 aromatic carbocycles. The Morgan fingerprint density at radius 2 is 2.05 bits per heavy atom. The standard InChI is InChI=1S/C13H17N3O3S2/c1-9-3-5-16(6-4-9)21(17,18)12-7-11(8-20-12)13-15-14-10(2)19-13/h7-9H,3-6H2,1-2H3. The highest BCUT2D eigenvalue weighted by molar-refractivity contribution is 7.91. The van der Waals surface area contributed by atoms with Gasteiger partial charge in [-0.15, -0.1) is 21.5 Å². The van der Waals surface area contributed by atoms with Gasteiger partial charge in [0.2, 0.25) is 11.8 Å². The molecule has 0 aliphatic carbocycles. The zero-order valence-corrected chi connectivity index (χ0v) is 13.6. The average Bonchev–Trinajstić information content (AvgIpc) is 3.08. The van der Waals surface area contributed by atoms with Crippen molar-refractivity contribution in [1.82, 2.24) is 14.5 Å². The maximum atomic E-state index is 12.6. The lowest BCUT2D eigenvalue weighted by atomic mass is 10.0. The summed E-state index contributed by atoms with van der Waals surface area (Å²) >= 11 is 1.20. The number of hydrogen-bond donors (Lipinski definition) is 0. The molecule has 1 fully saturated rings. The monoisotopic (exact) mass is 327 g/mol. The van der Waals surface area contributed by atoms with Gasteiger partial charge in [-0.25, -0.2) is 8.42 Å². The van der Waals surface area contributed by atoms with E-state index in [-0.39, 0.29) is 0 Å². The van der Waals surface area contributed by atoms with Gasteiger partial charge in [-0.2, -0.15) is 4.31 Å². The minimum atomic E-state index is -3.40. The van der Waals surface area contributed by atoms with Gasteiger partial charge in [0.1, 0.15) is 4.21 Å². The third-order valence-corrected chi connectivity index (χ3v) is 7.00. The first-order chi connectivity index (χ1) is 9.96. The van der Waals surface area contributed by atoms with Gasteiger partial charge in [0, 0.05) is 25.4 Å². The van der Waals surface area contributed by atoms with E-state index in [0.29, 0.717) is 40.6 Å². The normalized spacial score (nSPS) is 18.2. The molecule has 0 saturated carbocycles. The van der Waals surface area contributed by atoms with Crippen molar-refractivity contribution in [3.63, 3.8) is 0 Å². The maximum absolute atomic E-state index is 12.6. The highest BCUT2D eigenvalue weighted by atomic mass is 32.2. The van der Waals surface area contributed by atoms with Crippen LogP contribution in [0.3, 0.4) is 0 Å². The Hall–Kier alpha value is -1.25. The third kappa shape index (κ3) is 2.88. The van der Waals surface area contributed by atoms with Crippen molar-refractivity contribution in [2.24, 2.45) is 5.92 Å². The van der Waals surface area contributed by atoms with Crippen LogP contribution in [0.15, 0.2) is 20.1 Å². The van der Waals surface area contributed by atoms with E-state index in [9.17, 15) is 8.42 Å². The highest BCUT2D eigenvalue weighted by Gasteiger charge is 2.29. The summed E-state index contributed by atoms with van der Waals surface area (Å²) in [6.07, 6.45) is 1.83. The molecule has 0 atom stereocenters. The molecule has 0 N–H and O–H groups in total. The van der Waals surface area contributed by atoms with Gasteiger partial charge in [-0.3, -0.25) is 0 Å². The first kappa shape index (κ1) is 14.7. The van der Waals surface area contributed by atoms with Crippen LogP contribution in [-0.4, -0.2) is 36.0 Å². The van der Waals surface area contributed by atoms with Crippen LogP contribution in [-0.2, 0) is 10.0 Å². The highest BCUT2D eigenvalue weighted by Crippen LogP contribution is 2.31. The second kappa shape index (κ2) is 5.51. The molecule has 1 saturated heterocycles. The largest absolute Gasteiger partial charge is 0.421 e. The summed E-state index contributed by atoms with van der Waals surface area (Å²) in [4.78, 5) is 0. The van der Waals surface area contributed by atoms with Crippen LogP contribution in [0.25, 0.3) is 11.5 Å². The van der Waals surface area contributed by atoms with Gasteiger partial charge in [0.25, 0.3) is 10.0 Å². The maximum Gasteiger partial charge on any atom is 0.252 e. The van der Waals surface area contributed by atoms with E-state index >= 15 is 0 Å². The van der Waals surface area contributed by atoms with Gasteiger partial charge in [0.05, 0.1) is 5.56 Å². The molecule has 3 heterocycles. The fraction of sp³-hybridized carbons (Fsp3) is 0.538. The molecule has 2 aromatic heterocycles. The predicted molar refractivity (Wildman–Crippen MR) is 79.5 cm³/mol. The fourth-order valence-electron chi connectivity index (χ4n) is 2.33. The van der Waals surface area contributed by atoms with Crippen LogP contribution in [0.2, 0.25) is 0 Å². The summed E-state index contributed by atoms with van der Waals surface area (Å²) in [5.74, 6) is 1.42. The molecular formula is C13H17N3O3S2. The summed E-state index contributed by atoms with van der Waals surface area (Å²) < 4.78 is 32.5. The molecule has 0 radical (unpaired) electrons. The molecule has 0 spiro atoms. The molecule has 6 nitrogen and oxygen atoms in total. The first-order valence-corrected chi connectivity index (χ1v) is 9.18. The van der Waals surface area contributed by atoms with E-state index < -0.39 is 10.0 Å². The Morgan fingerprint density at radius 3 is 2.67 bits per heavy atom. The predicted octanol–water partition coefficient (Wildman–Crippen LogP) is 2.53. The van der Waals surface area contributed by atoms with E-state index in [2.05, 4.69) is 17.1 Å². The Balaban J connectivity index is 1.85. The van der Waals surface area contributed by atoms with Crippen molar-refractivity contribution in [2.45, 2.75) is 30.9 Å². The molecular weight excluding hydrogens is 310 g/mol. The Morgan fingerprint density at radius 1 is 1.33 bits per heavy atom. The molecule has 0 bridgehead atoms. The quantitative estimate of drug-likeness (QED) is 0.866. The molecule has 114 valence electrons. The number of piperidine rings is 1. The number of nitrogens with zero attached hydrogens (tertiary/aromatic N) is 3. The number of sulfonamides is 1. The number of aryl methyl sites for hydroxylation is 1. The van der Waals surface area contributed by atoms with E-state index in [1.165, 1.54) is 11.3 Å². The van der Waals surface area contributed by atoms with Crippen LogP contribution in [0.5, 0.6) is 0 Å². The van der Waals surface area contributed by atoms with Crippen molar-refractivity contribution >= 4 is 21.4 Å². The summed E-state index contributed by atoms with van der Waals surface area (Å²) in [5.41, 5.74) is 0.657. The zero-order chi connectivity index (χ0) is 15.0. The Kier molecular flexibility index (Phi) is 3.85. The summed E-state index contributed by atoms with van der Waals surface area (Å²) in [6, 6.07) is 1.62. The van der Waals surface area contributed by atoms with Gasteiger partial charge >= 0.3 is 0 Å². The summed E-state index contributed by atoms with van der Waals surface area (Å²) in [7, 11) is -3.40. The second-order valence-electron chi connectivity index (χ2n) is 5.37. The summed E-state index contributed by atoms with van der Waals surface area (Å²) in [5, 5.41) is 9.42. The van der Waals surface area contributed by atoms with E-state index in [1.807, 2.05) is 0 Å². The van der Waals surface area contributed by atoms with Crippen LogP contribution >= 0.6 is 11.3 Å². The Bertz CT molecular complexity index is 727. The molecule has 8 heteroatoms. The van der Waals surface area contributed by atoms with E-state index in [0.717, 1.165) is 12.8 Å². The number of rotatable bonds is 3. The molecule has 0 unspecified atom stereocenters. The molecule has 0 amide bonds. The van der Waals surface area contributed by atoms with Crippen LogP contribution < -0.4 is 0 Å². The van der Waals surface area contributed by atoms with Gasteiger partial charge in [-0.05, 0) is 24.8 Å².